The largest absolute Gasteiger partial charge is 0.508 e. The van der Waals surface area contributed by atoms with Gasteiger partial charge in [-0.05, 0) is 26.3 Å². The normalized spacial score (nSPS) is 14.1. The molecule has 5 heteroatoms. The van der Waals surface area contributed by atoms with E-state index in [0.717, 1.165) is 0 Å². The molecule has 0 saturated carbocycles. The fraction of sp³-hybridized carbons (Fsp3) is 0.647. The standard InChI is InChI=1S/C17H32O3Si2/c1-8-18-22(19-9-2,20-10-3)15(4)16-12-11-13-17(14-16)21(5,6)7/h11-15H,8-10H2,1-7H3. The third kappa shape index (κ3) is 4.76. The first-order valence-electron chi connectivity index (χ1n) is 8.33. The van der Waals surface area contributed by atoms with Crippen LogP contribution in [0.1, 0.15) is 38.8 Å². The molecule has 0 amide bonds. The fourth-order valence-corrected chi connectivity index (χ4v) is 6.57. The summed E-state index contributed by atoms with van der Waals surface area (Å²) >= 11 is 0. The molecule has 0 aliphatic heterocycles. The van der Waals surface area contributed by atoms with Crippen molar-refractivity contribution in [1.82, 2.24) is 0 Å². The van der Waals surface area contributed by atoms with Crippen LogP contribution in [0.25, 0.3) is 0 Å². The zero-order chi connectivity index (χ0) is 16.8. The molecule has 0 aliphatic carbocycles. The zero-order valence-electron chi connectivity index (χ0n) is 15.2. The summed E-state index contributed by atoms with van der Waals surface area (Å²) in [5.41, 5.74) is 1.41. The molecule has 1 unspecified atom stereocenters. The lowest BCUT2D eigenvalue weighted by atomic mass is 10.2. The molecule has 0 spiro atoms. The second kappa shape index (κ2) is 8.40. The number of rotatable bonds is 9. The summed E-state index contributed by atoms with van der Waals surface area (Å²) in [6.07, 6.45) is 0. The van der Waals surface area contributed by atoms with Crippen LogP contribution >= 0.6 is 0 Å². The topological polar surface area (TPSA) is 27.7 Å². The van der Waals surface area contributed by atoms with Gasteiger partial charge < -0.3 is 13.3 Å². The maximum absolute atomic E-state index is 6.06. The highest BCUT2D eigenvalue weighted by molar-refractivity contribution is 6.88. The van der Waals surface area contributed by atoms with Gasteiger partial charge in [-0.3, -0.25) is 0 Å². The van der Waals surface area contributed by atoms with Crippen molar-refractivity contribution in [1.29, 1.82) is 0 Å². The zero-order valence-corrected chi connectivity index (χ0v) is 17.2. The Balaban J connectivity index is 3.20. The second-order valence-electron chi connectivity index (χ2n) is 6.50. The van der Waals surface area contributed by atoms with Crippen molar-refractivity contribution in [3.05, 3.63) is 29.8 Å². The summed E-state index contributed by atoms with van der Waals surface area (Å²) < 4.78 is 18.2. The lowest BCUT2D eigenvalue weighted by molar-refractivity contribution is 0.0634. The van der Waals surface area contributed by atoms with Crippen LogP contribution in [-0.2, 0) is 13.3 Å². The summed E-state index contributed by atoms with van der Waals surface area (Å²) in [4.78, 5) is 0. The van der Waals surface area contributed by atoms with Crippen LogP contribution in [0.15, 0.2) is 24.3 Å². The molecule has 1 atom stereocenters. The molecule has 126 valence electrons. The molecule has 22 heavy (non-hydrogen) atoms. The predicted octanol–water partition coefficient (Wildman–Crippen LogP) is 3.92. The Labute approximate surface area is 138 Å². The van der Waals surface area contributed by atoms with Gasteiger partial charge in [0.15, 0.2) is 0 Å². The molecule has 1 aromatic carbocycles. The Kier molecular flexibility index (Phi) is 7.48. The van der Waals surface area contributed by atoms with Crippen molar-refractivity contribution < 1.29 is 13.3 Å². The van der Waals surface area contributed by atoms with Crippen molar-refractivity contribution in [2.45, 2.75) is 52.9 Å². The predicted molar refractivity (Wildman–Crippen MR) is 98.5 cm³/mol. The van der Waals surface area contributed by atoms with E-state index in [1.807, 2.05) is 20.8 Å². The maximum Gasteiger partial charge on any atom is 0.508 e. The van der Waals surface area contributed by atoms with Crippen LogP contribution < -0.4 is 5.19 Å². The number of benzene rings is 1. The average molecular weight is 341 g/mol. The Morgan fingerprint density at radius 3 is 1.82 bits per heavy atom. The van der Waals surface area contributed by atoms with E-state index < -0.39 is 16.9 Å². The van der Waals surface area contributed by atoms with Gasteiger partial charge in [-0.2, -0.15) is 0 Å². The number of hydrogen-bond acceptors (Lipinski definition) is 3. The monoisotopic (exact) mass is 340 g/mol. The van der Waals surface area contributed by atoms with Gasteiger partial charge in [0.25, 0.3) is 0 Å². The molecule has 0 bridgehead atoms. The molecule has 1 aromatic rings. The van der Waals surface area contributed by atoms with Gasteiger partial charge in [0, 0.05) is 19.8 Å². The third-order valence-corrected chi connectivity index (χ3v) is 9.33. The van der Waals surface area contributed by atoms with Crippen LogP contribution in [-0.4, -0.2) is 36.7 Å². The Bertz CT molecular complexity index is 440. The fourth-order valence-electron chi connectivity index (χ4n) is 2.58. The first-order chi connectivity index (χ1) is 10.3. The summed E-state index contributed by atoms with van der Waals surface area (Å²) in [5.74, 6) is 0. The van der Waals surface area contributed by atoms with Gasteiger partial charge in [-0.15, -0.1) is 0 Å². The third-order valence-electron chi connectivity index (χ3n) is 3.82. The Hall–Kier alpha value is -0.466. The molecule has 1 rings (SSSR count). The lowest BCUT2D eigenvalue weighted by Gasteiger charge is -2.34. The molecule has 0 heterocycles. The van der Waals surface area contributed by atoms with Crippen LogP contribution in [0.2, 0.25) is 19.6 Å². The van der Waals surface area contributed by atoms with Crippen molar-refractivity contribution in [3.63, 3.8) is 0 Å². The van der Waals surface area contributed by atoms with E-state index in [0.29, 0.717) is 19.8 Å². The first-order valence-corrected chi connectivity index (χ1v) is 13.6. The van der Waals surface area contributed by atoms with Gasteiger partial charge >= 0.3 is 8.80 Å². The highest BCUT2D eigenvalue weighted by Gasteiger charge is 2.47. The highest BCUT2D eigenvalue weighted by atomic mass is 28.4. The van der Waals surface area contributed by atoms with E-state index in [-0.39, 0.29) is 5.54 Å². The molecule has 3 nitrogen and oxygen atoms in total. The van der Waals surface area contributed by atoms with Gasteiger partial charge in [0.2, 0.25) is 0 Å². The molecule has 0 aliphatic rings. The molecule has 0 saturated heterocycles. The van der Waals surface area contributed by atoms with E-state index in [1.54, 1.807) is 0 Å². The van der Waals surface area contributed by atoms with Crippen LogP contribution in [0.4, 0.5) is 0 Å². The summed E-state index contributed by atoms with van der Waals surface area (Å²) in [5, 5.41) is 1.46. The molecular formula is C17H32O3Si2. The number of hydrogen-bond donors (Lipinski definition) is 0. The van der Waals surface area contributed by atoms with Crippen molar-refractivity contribution >= 4 is 22.1 Å². The van der Waals surface area contributed by atoms with Gasteiger partial charge in [0.1, 0.15) is 0 Å². The van der Waals surface area contributed by atoms with E-state index in [4.69, 9.17) is 13.3 Å². The van der Waals surface area contributed by atoms with E-state index in [1.165, 1.54) is 10.8 Å². The van der Waals surface area contributed by atoms with Gasteiger partial charge in [-0.1, -0.05) is 56.0 Å². The van der Waals surface area contributed by atoms with E-state index >= 15 is 0 Å². The molecule has 0 N–H and O–H groups in total. The minimum absolute atomic E-state index is 0.142. The SMILES string of the molecule is CCO[Si](OCC)(OCC)C(C)c1cccc([Si](C)(C)C)c1. The molecular weight excluding hydrogens is 308 g/mol. The van der Waals surface area contributed by atoms with Crippen LogP contribution in [0.3, 0.4) is 0 Å². The van der Waals surface area contributed by atoms with Crippen molar-refractivity contribution in [2.75, 3.05) is 19.8 Å². The summed E-state index contributed by atoms with van der Waals surface area (Å²) in [6.45, 7) is 17.1. The minimum atomic E-state index is -2.71. The van der Waals surface area contributed by atoms with Gasteiger partial charge in [-0.25, -0.2) is 0 Å². The van der Waals surface area contributed by atoms with Crippen LogP contribution in [0, 0.1) is 0 Å². The molecule has 0 fully saturated rings. The van der Waals surface area contributed by atoms with Crippen LogP contribution in [0.5, 0.6) is 0 Å². The average Bonchev–Trinajstić information content (AvgIpc) is 2.46. The molecule has 0 radical (unpaired) electrons. The van der Waals surface area contributed by atoms with Gasteiger partial charge in [0.05, 0.1) is 13.6 Å². The highest BCUT2D eigenvalue weighted by Crippen LogP contribution is 2.29. The summed E-state index contributed by atoms with van der Waals surface area (Å²) in [7, 11) is -4.04. The second-order valence-corrected chi connectivity index (χ2v) is 14.5. The van der Waals surface area contributed by atoms with Crippen molar-refractivity contribution in [3.8, 4) is 0 Å². The maximum atomic E-state index is 6.06. The molecule has 0 aromatic heterocycles. The summed E-state index contributed by atoms with van der Waals surface area (Å²) in [6, 6.07) is 8.90. The first kappa shape index (κ1) is 19.6. The van der Waals surface area contributed by atoms with Crippen molar-refractivity contribution in [2.24, 2.45) is 0 Å². The van der Waals surface area contributed by atoms with E-state index in [2.05, 4.69) is 50.8 Å². The lowest BCUT2D eigenvalue weighted by Crippen LogP contribution is -2.51. The smallest absolute Gasteiger partial charge is 0.373 e. The van der Waals surface area contributed by atoms with E-state index in [9.17, 15) is 0 Å². The Morgan fingerprint density at radius 2 is 1.41 bits per heavy atom. The minimum Gasteiger partial charge on any atom is -0.373 e. The quantitative estimate of drug-likeness (QED) is 0.638. The Morgan fingerprint density at radius 1 is 0.909 bits per heavy atom.